The van der Waals surface area contributed by atoms with Crippen molar-refractivity contribution in [1.82, 2.24) is 40.0 Å². The second-order valence-corrected chi connectivity index (χ2v) is 13.6. The van der Waals surface area contributed by atoms with Gasteiger partial charge in [0.05, 0.1) is 53.0 Å². The van der Waals surface area contributed by atoms with Crippen molar-refractivity contribution in [3.05, 3.63) is 88.5 Å². The number of rotatable bonds is 16. The van der Waals surface area contributed by atoms with Crippen molar-refractivity contribution in [2.24, 2.45) is 7.05 Å². The number of unbranched alkanes of at least 4 members (excludes halogenated alkanes) is 5. The minimum absolute atomic E-state index is 0.196. The number of benzene rings is 2. The van der Waals surface area contributed by atoms with Gasteiger partial charge in [-0.15, -0.1) is 0 Å². The first kappa shape index (κ1) is 40.0. The lowest BCUT2D eigenvalue weighted by Gasteiger charge is -2.21. The van der Waals surface area contributed by atoms with Crippen molar-refractivity contribution in [2.45, 2.75) is 63.8 Å². The number of aryl methyl sites for hydroxylation is 2. The second kappa shape index (κ2) is 18.3. The van der Waals surface area contributed by atoms with E-state index in [0.717, 1.165) is 68.4 Å². The Hall–Kier alpha value is -6.65. The van der Waals surface area contributed by atoms with Crippen molar-refractivity contribution in [2.75, 3.05) is 31.3 Å². The number of imidazole rings is 1. The lowest BCUT2D eigenvalue weighted by Crippen LogP contribution is -2.44. The molecule has 1 saturated heterocycles. The van der Waals surface area contributed by atoms with Crippen molar-refractivity contribution < 1.29 is 28.3 Å². The number of hydrogen-bond acceptors (Lipinski definition) is 10. The summed E-state index contributed by atoms with van der Waals surface area (Å²) in [4.78, 5) is 75.3. The zero-order valence-corrected chi connectivity index (χ0v) is 32.0. The molecule has 17 heteroatoms. The quantitative estimate of drug-likeness (QED) is 0.0660. The molecule has 1 aliphatic rings. The van der Waals surface area contributed by atoms with Crippen LogP contribution in [0.2, 0.25) is 0 Å². The molecule has 6 rings (SSSR count). The number of nitrogens with one attached hydrogen (secondary N) is 5. The highest BCUT2D eigenvalue weighted by atomic mass is 19.1. The van der Waals surface area contributed by atoms with Crippen LogP contribution in [0.5, 0.6) is 5.75 Å². The number of halogens is 1. The van der Waals surface area contributed by atoms with Crippen molar-refractivity contribution >= 4 is 52.0 Å². The minimum Gasteiger partial charge on any atom is -0.494 e. The fourth-order valence-electron chi connectivity index (χ4n) is 7.03. The van der Waals surface area contributed by atoms with Gasteiger partial charge in [-0.3, -0.25) is 34.2 Å². The number of ether oxygens (including phenoxy) is 1. The second-order valence-electron chi connectivity index (χ2n) is 13.6. The average Bonchev–Trinajstić information content (AvgIpc) is 3.46. The zero-order chi connectivity index (χ0) is 40.5. The first-order chi connectivity index (χ1) is 27.6. The summed E-state index contributed by atoms with van der Waals surface area (Å²) in [6, 6.07) is 11.3. The van der Waals surface area contributed by atoms with E-state index in [1.165, 1.54) is 24.9 Å². The number of urea groups is 1. The largest absolute Gasteiger partial charge is 0.494 e. The van der Waals surface area contributed by atoms with Gasteiger partial charge in [-0.25, -0.2) is 28.9 Å². The molecule has 0 aliphatic carbocycles. The predicted octanol–water partition coefficient (Wildman–Crippen LogP) is 5.13. The van der Waals surface area contributed by atoms with Crippen LogP contribution in [0.3, 0.4) is 0 Å². The van der Waals surface area contributed by atoms with E-state index in [4.69, 9.17) is 4.74 Å². The summed E-state index contributed by atoms with van der Waals surface area (Å²) in [7, 11) is 4.69. The molecule has 1 atom stereocenters. The van der Waals surface area contributed by atoms with Crippen molar-refractivity contribution in [1.29, 1.82) is 0 Å². The number of methoxy groups -OCH3 is 1. The standard InChI is InChI=1S/C40H45FN10O6/c1-42-37(53)27-23-44-32(20-29(27)47-28-15-11-14-26(35(28)57-3)36-45-21-25(41)22-46-36)48-39(55)43-19-9-7-5-4-6-8-12-24-13-10-16-30-34(24)50(2)40(56)51(30)31-17-18-33(52)49-38(31)54/h10-11,13-16,20-23,31H,4-9,12,17-19H2,1-3H3,(H,42,53)(H,49,52,54)(H3,43,44,47,48,55). The Balaban J connectivity index is 0.967. The number of fused-ring (bicyclic) bond motifs is 1. The molecule has 5 N–H and O–H groups in total. The number of hydrogen-bond donors (Lipinski definition) is 5. The Labute approximate surface area is 327 Å². The fraction of sp³-hybridized carbons (Fsp3) is 0.350. The van der Waals surface area contributed by atoms with Gasteiger partial charge < -0.3 is 20.7 Å². The van der Waals surface area contributed by atoms with Gasteiger partial charge in [-0.1, -0.05) is 43.9 Å². The van der Waals surface area contributed by atoms with E-state index in [2.05, 4.69) is 41.5 Å². The Morgan fingerprint density at radius 3 is 2.42 bits per heavy atom. The van der Waals surface area contributed by atoms with E-state index in [1.807, 2.05) is 18.2 Å². The number of para-hydroxylation sites is 2. The van der Waals surface area contributed by atoms with E-state index >= 15 is 0 Å². The lowest BCUT2D eigenvalue weighted by molar-refractivity contribution is -0.135. The molecule has 57 heavy (non-hydrogen) atoms. The molecule has 0 spiro atoms. The van der Waals surface area contributed by atoms with Gasteiger partial charge in [0, 0.05) is 39.3 Å². The number of piperidine rings is 1. The molecule has 1 fully saturated rings. The smallest absolute Gasteiger partial charge is 0.329 e. The topological polar surface area (TPSA) is 203 Å². The summed E-state index contributed by atoms with van der Waals surface area (Å²) < 4.78 is 22.2. The maximum Gasteiger partial charge on any atom is 0.329 e. The molecule has 0 saturated carbocycles. The first-order valence-corrected chi connectivity index (χ1v) is 18.8. The van der Waals surface area contributed by atoms with Crippen LogP contribution in [0, 0.1) is 5.82 Å². The molecular weight excluding hydrogens is 736 g/mol. The Morgan fingerprint density at radius 1 is 0.947 bits per heavy atom. The van der Waals surface area contributed by atoms with Gasteiger partial charge in [-0.2, -0.15) is 0 Å². The first-order valence-electron chi connectivity index (χ1n) is 18.8. The summed E-state index contributed by atoms with van der Waals surface area (Å²) in [5.74, 6) is -0.916. The van der Waals surface area contributed by atoms with Crippen molar-refractivity contribution in [3.63, 3.8) is 0 Å². The predicted molar refractivity (Wildman–Crippen MR) is 212 cm³/mol. The monoisotopic (exact) mass is 780 g/mol. The molecule has 3 aromatic heterocycles. The molecule has 5 aromatic rings. The number of anilines is 3. The van der Waals surface area contributed by atoms with E-state index in [0.29, 0.717) is 41.2 Å². The third-order valence-electron chi connectivity index (χ3n) is 9.83. The molecule has 1 aliphatic heterocycles. The highest BCUT2D eigenvalue weighted by Crippen LogP contribution is 2.37. The summed E-state index contributed by atoms with van der Waals surface area (Å²) in [6.45, 7) is 0.461. The Kier molecular flexibility index (Phi) is 12.9. The van der Waals surface area contributed by atoms with Crippen LogP contribution in [-0.2, 0) is 23.1 Å². The number of nitrogens with zero attached hydrogens (tertiary/aromatic N) is 5. The number of aromatic nitrogens is 5. The summed E-state index contributed by atoms with van der Waals surface area (Å²) in [6.07, 6.45) is 10.4. The fourth-order valence-corrected chi connectivity index (χ4v) is 7.03. The van der Waals surface area contributed by atoms with E-state index in [-0.39, 0.29) is 35.2 Å². The maximum absolute atomic E-state index is 13.5. The number of pyridine rings is 1. The van der Waals surface area contributed by atoms with Crippen LogP contribution in [0.4, 0.5) is 26.4 Å². The van der Waals surface area contributed by atoms with Gasteiger partial charge in [0.15, 0.2) is 17.4 Å². The number of imide groups is 1. The number of carbonyl (C=O) groups excluding carboxylic acids is 4. The summed E-state index contributed by atoms with van der Waals surface area (Å²) in [5.41, 5.74) is 3.82. The Bertz CT molecular complexity index is 2340. The van der Waals surface area contributed by atoms with Gasteiger partial charge >= 0.3 is 11.7 Å². The number of carbonyl (C=O) groups is 4. The molecule has 0 radical (unpaired) electrons. The third-order valence-corrected chi connectivity index (χ3v) is 9.83. The average molecular weight is 781 g/mol. The van der Waals surface area contributed by atoms with E-state index in [9.17, 15) is 28.4 Å². The maximum atomic E-state index is 13.5. The molecule has 0 bridgehead atoms. The van der Waals surface area contributed by atoms with Gasteiger partial charge in [0.1, 0.15) is 11.9 Å². The SMILES string of the molecule is CNC(=O)c1cnc(NC(=O)NCCCCCCCCc2cccc3c2n(C)c(=O)n3C2CCC(=O)NC2=O)cc1Nc1cccc(-c2ncc(F)cn2)c1OC. The van der Waals surface area contributed by atoms with E-state index in [1.54, 1.807) is 35.9 Å². The highest BCUT2D eigenvalue weighted by molar-refractivity contribution is 6.02. The molecule has 298 valence electrons. The molecule has 2 aromatic carbocycles. The molecular formula is C40H45FN10O6. The molecule has 16 nitrogen and oxygen atoms in total. The van der Waals surface area contributed by atoms with Gasteiger partial charge in [0.2, 0.25) is 11.8 Å². The normalized spacial score (nSPS) is 13.9. The summed E-state index contributed by atoms with van der Waals surface area (Å²) >= 11 is 0. The van der Waals surface area contributed by atoms with Crippen LogP contribution >= 0.6 is 0 Å². The lowest BCUT2D eigenvalue weighted by atomic mass is 10.0. The van der Waals surface area contributed by atoms with Crippen molar-refractivity contribution in [3.8, 4) is 17.1 Å². The van der Waals surface area contributed by atoms with Crippen LogP contribution in [0.15, 0.2) is 65.8 Å². The van der Waals surface area contributed by atoms with E-state index < -0.39 is 29.7 Å². The molecule has 5 amide bonds. The highest BCUT2D eigenvalue weighted by Gasteiger charge is 2.31. The van der Waals surface area contributed by atoms with Crippen LogP contribution in [0.25, 0.3) is 22.4 Å². The molecule has 4 heterocycles. The number of amides is 5. The minimum atomic E-state index is -0.712. The third kappa shape index (κ3) is 9.25. The summed E-state index contributed by atoms with van der Waals surface area (Å²) in [5, 5.41) is 13.7. The zero-order valence-electron chi connectivity index (χ0n) is 32.0. The van der Waals surface area contributed by atoms with Crippen LogP contribution < -0.4 is 37.0 Å². The van der Waals surface area contributed by atoms with Gasteiger partial charge in [-0.05, 0) is 49.4 Å². The Morgan fingerprint density at radius 2 is 1.68 bits per heavy atom. The van der Waals surface area contributed by atoms with Crippen LogP contribution in [0.1, 0.15) is 73.3 Å². The van der Waals surface area contributed by atoms with Crippen LogP contribution in [-0.4, -0.2) is 68.5 Å². The molecule has 1 unspecified atom stereocenters. The van der Waals surface area contributed by atoms with Gasteiger partial charge in [0.25, 0.3) is 5.91 Å².